The fourth-order valence-electron chi connectivity index (χ4n) is 2.54. The quantitative estimate of drug-likeness (QED) is 0.639. The number of aromatic nitrogens is 2. The van der Waals surface area contributed by atoms with E-state index in [1.54, 1.807) is 0 Å². The Labute approximate surface area is 126 Å². The van der Waals surface area contributed by atoms with E-state index in [0.717, 1.165) is 31.1 Å². The van der Waals surface area contributed by atoms with Gasteiger partial charge in [-0.2, -0.15) is 9.97 Å². The van der Waals surface area contributed by atoms with Crippen LogP contribution in [0, 0.1) is 0 Å². The summed E-state index contributed by atoms with van der Waals surface area (Å²) < 4.78 is 5.88. The van der Waals surface area contributed by atoms with Gasteiger partial charge in [-0.1, -0.05) is 26.2 Å². The third kappa shape index (κ3) is 5.75. The number of anilines is 3. The first-order chi connectivity index (χ1) is 10.3. The third-order valence-electron chi connectivity index (χ3n) is 3.61. The fraction of sp³-hybridized carbons (Fsp3) is 0.733. The lowest BCUT2D eigenvalue weighted by Crippen LogP contribution is -2.21. The molecule has 0 aliphatic heterocycles. The van der Waals surface area contributed by atoms with Crippen LogP contribution in [0.4, 0.5) is 17.6 Å². The molecular formula is C15H27N5O. The smallest absolute Gasteiger partial charge is 0.223 e. The van der Waals surface area contributed by atoms with Crippen molar-refractivity contribution in [2.24, 2.45) is 0 Å². The molecule has 1 saturated carbocycles. The molecule has 0 amide bonds. The summed E-state index contributed by atoms with van der Waals surface area (Å²) in [6.45, 7) is 4.42. The normalized spacial score (nSPS) is 15.9. The van der Waals surface area contributed by atoms with Crippen molar-refractivity contribution in [2.75, 3.05) is 36.1 Å². The van der Waals surface area contributed by atoms with Gasteiger partial charge in [0.2, 0.25) is 5.95 Å². The van der Waals surface area contributed by atoms with Gasteiger partial charge in [0.05, 0.1) is 12.7 Å². The zero-order valence-electron chi connectivity index (χ0n) is 12.9. The minimum atomic E-state index is 0.284. The van der Waals surface area contributed by atoms with Gasteiger partial charge in [0.1, 0.15) is 11.6 Å². The summed E-state index contributed by atoms with van der Waals surface area (Å²) in [5, 5.41) is 6.46. The second-order valence-electron chi connectivity index (χ2n) is 5.48. The predicted octanol–water partition coefficient (Wildman–Crippen LogP) is 2.64. The van der Waals surface area contributed by atoms with Crippen molar-refractivity contribution < 1.29 is 4.74 Å². The van der Waals surface area contributed by atoms with E-state index in [0.29, 0.717) is 12.7 Å². The van der Waals surface area contributed by atoms with Gasteiger partial charge in [-0.3, -0.25) is 0 Å². The molecule has 2 rings (SSSR count). The fourth-order valence-corrected chi connectivity index (χ4v) is 2.54. The van der Waals surface area contributed by atoms with Crippen molar-refractivity contribution in [3.05, 3.63) is 6.07 Å². The van der Waals surface area contributed by atoms with E-state index >= 15 is 0 Å². The Morgan fingerprint density at radius 1 is 1.14 bits per heavy atom. The number of nitrogens with one attached hydrogen (secondary N) is 2. The number of ether oxygens (including phenoxy) is 1. The van der Waals surface area contributed by atoms with Gasteiger partial charge in [-0.15, -0.1) is 0 Å². The molecule has 1 aliphatic carbocycles. The summed E-state index contributed by atoms with van der Waals surface area (Å²) in [4.78, 5) is 8.34. The molecule has 0 spiro atoms. The Bertz CT molecular complexity index is 421. The molecule has 0 radical (unpaired) electrons. The number of hydrogen-bond acceptors (Lipinski definition) is 6. The molecule has 1 aliphatic rings. The second-order valence-corrected chi connectivity index (χ2v) is 5.48. The van der Waals surface area contributed by atoms with Gasteiger partial charge in [0.15, 0.2) is 0 Å². The second kappa shape index (κ2) is 8.67. The average molecular weight is 293 g/mol. The van der Waals surface area contributed by atoms with Crippen LogP contribution in [-0.2, 0) is 4.74 Å². The first-order valence-electron chi connectivity index (χ1n) is 8.02. The molecule has 118 valence electrons. The molecule has 0 saturated heterocycles. The molecule has 1 fully saturated rings. The lowest BCUT2D eigenvalue weighted by Gasteiger charge is -2.22. The summed E-state index contributed by atoms with van der Waals surface area (Å²) in [6, 6.07) is 1.88. The summed E-state index contributed by atoms with van der Waals surface area (Å²) in [7, 11) is 0. The van der Waals surface area contributed by atoms with Crippen LogP contribution < -0.4 is 16.4 Å². The number of nitrogen functional groups attached to an aromatic ring is 1. The van der Waals surface area contributed by atoms with E-state index < -0.39 is 0 Å². The van der Waals surface area contributed by atoms with Crippen molar-refractivity contribution in [1.29, 1.82) is 0 Å². The van der Waals surface area contributed by atoms with Crippen LogP contribution in [0.15, 0.2) is 6.07 Å². The lowest BCUT2D eigenvalue weighted by atomic mass is 9.98. The monoisotopic (exact) mass is 293 g/mol. The summed E-state index contributed by atoms with van der Waals surface area (Å²) in [5.41, 5.74) is 5.72. The standard InChI is InChI=1S/C15H27N5O/c1-2-8-17-13-11-14(20-15(16)19-13)18-9-10-21-12-6-4-3-5-7-12/h11-12H,2-10H2,1H3,(H4,16,17,18,19,20). The highest BCUT2D eigenvalue weighted by Gasteiger charge is 2.13. The molecule has 0 atom stereocenters. The molecule has 0 unspecified atom stereocenters. The van der Waals surface area contributed by atoms with E-state index in [-0.39, 0.29) is 5.95 Å². The lowest BCUT2D eigenvalue weighted by molar-refractivity contribution is 0.0347. The topological polar surface area (TPSA) is 85.1 Å². The molecule has 6 nitrogen and oxygen atoms in total. The van der Waals surface area contributed by atoms with Crippen LogP contribution in [0.3, 0.4) is 0 Å². The Hall–Kier alpha value is -1.56. The van der Waals surface area contributed by atoms with E-state index in [4.69, 9.17) is 10.5 Å². The van der Waals surface area contributed by atoms with Gasteiger partial charge < -0.3 is 21.1 Å². The largest absolute Gasteiger partial charge is 0.376 e. The molecule has 21 heavy (non-hydrogen) atoms. The summed E-state index contributed by atoms with van der Waals surface area (Å²) in [6.07, 6.45) is 7.84. The zero-order chi connectivity index (χ0) is 14.9. The highest BCUT2D eigenvalue weighted by atomic mass is 16.5. The first-order valence-corrected chi connectivity index (χ1v) is 8.02. The van der Waals surface area contributed by atoms with Gasteiger partial charge in [-0.25, -0.2) is 0 Å². The number of rotatable bonds is 8. The number of nitrogens with zero attached hydrogens (tertiary/aromatic N) is 2. The van der Waals surface area contributed by atoms with Crippen molar-refractivity contribution >= 4 is 17.6 Å². The van der Waals surface area contributed by atoms with Crippen molar-refractivity contribution in [3.63, 3.8) is 0 Å². The number of hydrogen-bond donors (Lipinski definition) is 3. The third-order valence-corrected chi connectivity index (χ3v) is 3.61. The van der Waals surface area contributed by atoms with Crippen molar-refractivity contribution in [3.8, 4) is 0 Å². The van der Waals surface area contributed by atoms with Crippen LogP contribution in [0.25, 0.3) is 0 Å². The van der Waals surface area contributed by atoms with Crippen LogP contribution in [-0.4, -0.2) is 35.8 Å². The van der Waals surface area contributed by atoms with Gasteiger partial charge in [0.25, 0.3) is 0 Å². The van der Waals surface area contributed by atoms with Crippen LogP contribution in [0.2, 0.25) is 0 Å². The summed E-state index contributed by atoms with van der Waals surface area (Å²) in [5.74, 6) is 1.79. The minimum absolute atomic E-state index is 0.284. The van der Waals surface area contributed by atoms with Crippen molar-refractivity contribution in [2.45, 2.75) is 51.6 Å². The van der Waals surface area contributed by atoms with Crippen LogP contribution in [0.1, 0.15) is 45.4 Å². The predicted molar refractivity (Wildman–Crippen MR) is 86.5 cm³/mol. The van der Waals surface area contributed by atoms with Crippen LogP contribution in [0.5, 0.6) is 0 Å². The molecule has 0 aromatic carbocycles. The van der Waals surface area contributed by atoms with Crippen molar-refractivity contribution in [1.82, 2.24) is 9.97 Å². The van der Waals surface area contributed by atoms with Crippen LogP contribution >= 0.6 is 0 Å². The van der Waals surface area contributed by atoms with Gasteiger partial charge >= 0.3 is 0 Å². The van der Waals surface area contributed by atoms with E-state index in [9.17, 15) is 0 Å². The Balaban J connectivity index is 1.72. The molecule has 6 heteroatoms. The van der Waals surface area contributed by atoms with E-state index in [1.165, 1.54) is 32.1 Å². The molecule has 4 N–H and O–H groups in total. The minimum Gasteiger partial charge on any atom is -0.376 e. The Kier molecular flexibility index (Phi) is 6.53. The maximum atomic E-state index is 5.88. The molecular weight excluding hydrogens is 266 g/mol. The maximum absolute atomic E-state index is 5.88. The zero-order valence-corrected chi connectivity index (χ0v) is 12.9. The first kappa shape index (κ1) is 15.8. The van der Waals surface area contributed by atoms with Gasteiger partial charge in [0, 0.05) is 19.2 Å². The van der Waals surface area contributed by atoms with E-state index in [1.807, 2.05) is 6.07 Å². The molecule has 1 heterocycles. The molecule has 1 aromatic heterocycles. The Morgan fingerprint density at radius 3 is 2.48 bits per heavy atom. The summed E-state index contributed by atoms with van der Waals surface area (Å²) >= 11 is 0. The Morgan fingerprint density at radius 2 is 1.81 bits per heavy atom. The molecule has 1 aromatic rings. The highest BCUT2D eigenvalue weighted by Crippen LogP contribution is 2.20. The van der Waals surface area contributed by atoms with Gasteiger partial charge in [-0.05, 0) is 19.3 Å². The van der Waals surface area contributed by atoms with E-state index in [2.05, 4.69) is 27.5 Å². The maximum Gasteiger partial charge on any atom is 0.223 e. The SMILES string of the molecule is CCCNc1cc(NCCOC2CCCCC2)nc(N)n1. The average Bonchev–Trinajstić information content (AvgIpc) is 2.50. The number of nitrogens with two attached hydrogens (primary N) is 1. The molecule has 0 bridgehead atoms. The highest BCUT2D eigenvalue weighted by molar-refractivity contribution is 5.50.